The number of ether oxygens (including phenoxy) is 1. The minimum Gasteiger partial charge on any atom is -0.480 e. The van der Waals surface area contributed by atoms with Crippen molar-refractivity contribution in [2.24, 2.45) is 0 Å². The summed E-state index contributed by atoms with van der Waals surface area (Å²) in [5.74, 6) is -1.99. The minimum atomic E-state index is -4.34. The van der Waals surface area contributed by atoms with Gasteiger partial charge in [-0.2, -0.15) is 13.2 Å². The van der Waals surface area contributed by atoms with Crippen LogP contribution in [0.2, 0.25) is 15.1 Å². The third-order valence-electron chi connectivity index (χ3n) is 11.6. The van der Waals surface area contributed by atoms with Crippen molar-refractivity contribution in [3.8, 4) is 5.75 Å². The fourth-order valence-electron chi connectivity index (χ4n) is 7.53. The monoisotopic (exact) mass is 1110 g/mol. The first-order valence-corrected chi connectivity index (χ1v) is 27.5. The quantitative estimate of drug-likeness (QED) is 0.0342. The molecule has 3 unspecified atom stereocenters. The van der Waals surface area contributed by atoms with Crippen LogP contribution in [0.25, 0.3) is 0 Å². The van der Waals surface area contributed by atoms with Crippen LogP contribution in [0, 0.1) is 6.92 Å². The molecule has 3 atom stereocenters. The Balaban J connectivity index is 0.000000241. The van der Waals surface area contributed by atoms with Crippen molar-refractivity contribution in [3.63, 3.8) is 0 Å². The number of carboxylic acids is 3. The van der Waals surface area contributed by atoms with E-state index in [1.165, 1.54) is 46.8 Å². The topological polar surface area (TPSA) is 121 Å². The van der Waals surface area contributed by atoms with Crippen molar-refractivity contribution < 1.29 is 47.6 Å². The molecule has 0 aromatic heterocycles. The first-order chi connectivity index (χ1) is 35.4. The van der Waals surface area contributed by atoms with Crippen molar-refractivity contribution in [2.45, 2.75) is 136 Å². The second-order valence-corrected chi connectivity index (χ2v) is 21.5. The Kier molecular flexibility index (Phi) is 28.0. The van der Waals surface area contributed by atoms with Gasteiger partial charge < -0.3 is 20.1 Å². The molecule has 7 nitrogen and oxygen atoms in total. The molecule has 0 aliphatic carbocycles. The molecule has 0 bridgehead atoms. The van der Waals surface area contributed by atoms with E-state index in [1.807, 2.05) is 110 Å². The van der Waals surface area contributed by atoms with Gasteiger partial charge in [-0.3, -0.25) is 9.59 Å². The maximum atomic E-state index is 12.7. The maximum Gasteiger partial charge on any atom is 0.416 e. The lowest BCUT2D eigenvalue weighted by Crippen LogP contribution is -2.26. The Morgan fingerprint density at radius 3 is 1.36 bits per heavy atom. The second kappa shape index (κ2) is 33.7. The van der Waals surface area contributed by atoms with Crippen LogP contribution in [0.5, 0.6) is 5.75 Å². The molecule has 0 amide bonds. The average Bonchev–Trinajstić information content (AvgIpc) is 3.37. The average molecular weight is 1110 g/mol. The van der Waals surface area contributed by atoms with Crippen molar-refractivity contribution in [3.05, 3.63) is 195 Å². The molecular formula is C59H64Cl3F3O7S2. The highest BCUT2D eigenvalue weighted by atomic mass is 35.5. The van der Waals surface area contributed by atoms with E-state index in [2.05, 4.69) is 0 Å². The molecule has 3 N–H and O–H groups in total. The number of aliphatic carboxylic acids is 3. The summed E-state index contributed by atoms with van der Waals surface area (Å²) in [6.07, 6.45) is 7.08. The molecule has 0 aliphatic heterocycles. The van der Waals surface area contributed by atoms with Gasteiger partial charge in [0.25, 0.3) is 0 Å². The summed E-state index contributed by atoms with van der Waals surface area (Å²) in [6.45, 7) is 1.93. The van der Waals surface area contributed by atoms with Gasteiger partial charge in [0, 0.05) is 24.9 Å². The number of rotatable bonds is 27. The number of halogens is 6. The highest BCUT2D eigenvalue weighted by molar-refractivity contribution is 8.00. The Labute approximate surface area is 457 Å². The van der Waals surface area contributed by atoms with E-state index in [0.717, 1.165) is 89.3 Å². The van der Waals surface area contributed by atoms with E-state index in [-0.39, 0.29) is 5.25 Å². The van der Waals surface area contributed by atoms with Crippen molar-refractivity contribution in [1.82, 2.24) is 0 Å². The molecule has 6 aromatic carbocycles. The van der Waals surface area contributed by atoms with Crippen LogP contribution in [0.15, 0.2) is 161 Å². The zero-order chi connectivity index (χ0) is 53.7. The standard InChI is InChI=1S/C21H23F3O3.C19H20Cl2O2S.C19H21ClO2S/c1-15-10-12-18(13-11-15)27-19(20(25)26)9-4-2-3-6-16-7-5-8-17(14-16)21(22,23)24;20-15-8-6-14(7-9-15)4-2-1-3-5-18(19(22)23)24-17-12-10-16(21)11-13-17;20-16-13-11-15(12-14-16)7-3-1-6-10-18(19(21)22)23-17-8-4-2-5-9-17/h5,7-8,10-14,19H,2-4,6,9H2,1H3,(H,25,26);6-13,18H,1-5H2,(H,22,23);2,4-5,8-9,11-14,18H,1,3,6-7,10H2,(H,21,22). The normalized spacial score (nSPS) is 12.3. The van der Waals surface area contributed by atoms with Gasteiger partial charge in [-0.25, -0.2) is 4.79 Å². The fraction of sp³-hybridized carbons (Fsp3) is 0.339. The number of carbonyl (C=O) groups is 3. The fourth-order valence-corrected chi connectivity index (χ4v) is 9.95. The van der Waals surface area contributed by atoms with Gasteiger partial charge in [0.15, 0.2) is 6.10 Å². The molecule has 6 aromatic rings. The van der Waals surface area contributed by atoms with Crippen LogP contribution >= 0.6 is 58.3 Å². The van der Waals surface area contributed by atoms with Crippen LogP contribution in [-0.4, -0.2) is 49.8 Å². The molecule has 0 aliphatic rings. The zero-order valence-electron chi connectivity index (χ0n) is 41.3. The van der Waals surface area contributed by atoms with Gasteiger partial charge in [0.2, 0.25) is 0 Å². The second-order valence-electron chi connectivity index (χ2n) is 17.7. The number of unbranched alkanes of at least 4 members (excludes halogenated alkanes) is 6. The van der Waals surface area contributed by atoms with E-state index < -0.39 is 41.0 Å². The summed E-state index contributed by atoms with van der Waals surface area (Å²) in [5.41, 5.74) is 3.60. The summed E-state index contributed by atoms with van der Waals surface area (Å²) in [5, 5.41) is 29.4. The lowest BCUT2D eigenvalue weighted by Gasteiger charge is -2.15. The van der Waals surface area contributed by atoms with Crippen molar-refractivity contribution in [2.75, 3.05) is 0 Å². The smallest absolute Gasteiger partial charge is 0.416 e. The number of aryl methyl sites for hydroxylation is 4. The van der Waals surface area contributed by atoms with Gasteiger partial charge in [-0.1, -0.05) is 145 Å². The van der Waals surface area contributed by atoms with Crippen molar-refractivity contribution in [1.29, 1.82) is 0 Å². The lowest BCUT2D eigenvalue weighted by atomic mass is 10.0. The third-order valence-corrected chi connectivity index (χ3v) is 14.9. The molecule has 0 spiro atoms. The predicted octanol–water partition coefficient (Wildman–Crippen LogP) is 17.7. The van der Waals surface area contributed by atoms with Crippen LogP contribution in [0.4, 0.5) is 13.2 Å². The largest absolute Gasteiger partial charge is 0.480 e. The molecule has 396 valence electrons. The van der Waals surface area contributed by atoms with Gasteiger partial charge in [-0.15, -0.1) is 23.5 Å². The van der Waals surface area contributed by atoms with Crippen LogP contribution < -0.4 is 4.74 Å². The summed E-state index contributed by atoms with van der Waals surface area (Å²) in [7, 11) is 0. The summed E-state index contributed by atoms with van der Waals surface area (Å²) < 4.78 is 43.6. The molecule has 0 fully saturated rings. The number of thioether (sulfide) groups is 2. The first-order valence-electron chi connectivity index (χ1n) is 24.7. The summed E-state index contributed by atoms with van der Waals surface area (Å²) >= 11 is 20.4. The van der Waals surface area contributed by atoms with Crippen LogP contribution in [0.3, 0.4) is 0 Å². The number of hydrogen-bond donors (Lipinski definition) is 3. The minimum absolute atomic E-state index is 0.353. The molecular weight excluding hydrogens is 1050 g/mol. The molecule has 0 saturated heterocycles. The lowest BCUT2D eigenvalue weighted by molar-refractivity contribution is -0.145. The summed E-state index contributed by atoms with van der Waals surface area (Å²) in [6, 6.07) is 45.3. The number of benzene rings is 6. The molecule has 15 heteroatoms. The number of hydrogen-bond acceptors (Lipinski definition) is 6. The Morgan fingerprint density at radius 1 is 0.486 bits per heavy atom. The highest BCUT2D eigenvalue weighted by Crippen LogP contribution is 2.31. The van der Waals surface area contributed by atoms with E-state index in [0.29, 0.717) is 54.9 Å². The molecule has 74 heavy (non-hydrogen) atoms. The van der Waals surface area contributed by atoms with Gasteiger partial charge in [0.1, 0.15) is 16.2 Å². The Hall–Kier alpha value is -5.11. The highest BCUT2D eigenvalue weighted by Gasteiger charge is 2.30. The SMILES string of the molecule is Cc1ccc(OC(CCCCCc2cccc(C(F)(F)F)c2)C(=O)O)cc1.O=C(O)C(CCCCCc1ccc(Cl)cc1)Sc1ccc(Cl)cc1.O=C(O)C(CCCCCc1ccc(Cl)cc1)Sc1ccccc1. The van der Waals surface area contributed by atoms with E-state index in [1.54, 1.807) is 30.3 Å². The molecule has 0 radical (unpaired) electrons. The number of alkyl halides is 3. The molecule has 0 saturated carbocycles. The Morgan fingerprint density at radius 2 is 0.919 bits per heavy atom. The van der Waals surface area contributed by atoms with Gasteiger partial charge in [0.05, 0.1) is 5.56 Å². The summed E-state index contributed by atoms with van der Waals surface area (Å²) in [4.78, 5) is 36.1. The van der Waals surface area contributed by atoms with Gasteiger partial charge in [-0.05, 0) is 167 Å². The van der Waals surface area contributed by atoms with Crippen LogP contribution in [-0.2, 0) is 39.8 Å². The third kappa shape index (κ3) is 25.4. The van der Waals surface area contributed by atoms with E-state index in [9.17, 15) is 42.9 Å². The Bertz CT molecular complexity index is 2550. The van der Waals surface area contributed by atoms with Gasteiger partial charge >= 0.3 is 24.1 Å². The van der Waals surface area contributed by atoms with E-state index in [4.69, 9.17) is 39.5 Å². The van der Waals surface area contributed by atoms with E-state index >= 15 is 0 Å². The maximum absolute atomic E-state index is 12.7. The molecule has 6 rings (SSSR count). The van der Waals surface area contributed by atoms with Crippen LogP contribution in [0.1, 0.15) is 105 Å². The number of carboxylic acid groups (broad SMARTS) is 3. The zero-order valence-corrected chi connectivity index (χ0v) is 45.2. The van der Waals surface area contributed by atoms with Crippen molar-refractivity contribution >= 4 is 76.2 Å². The first kappa shape index (κ1) is 61.4. The predicted molar refractivity (Wildman–Crippen MR) is 297 cm³/mol. The molecule has 0 heterocycles.